The summed E-state index contributed by atoms with van der Waals surface area (Å²) in [5, 5.41) is 11.0. The number of piperidine rings is 1. The molecule has 16 heavy (non-hydrogen) atoms. The van der Waals surface area contributed by atoms with Crippen molar-refractivity contribution in [1.29, 1.82) is 0 Å². The lowest BCUT2D eigenvalue weighted by molar-refractivity contribution is -0.535. The average molecular weight is 230 g/mol. The zero-order chi connectivity index (χ0) is 11.5. The van der Waals surface area contributed by atoms with E-state index in [2.05, 4.69) is 4.90 Å². The summed E-state index contributed by atoms with van der Waals surface area (Å²) in [5.41, 5.74) is 0. The highest BCUT2D eigenvalue weighted by Gasteiger charge is 2.41. The van der Waals surface area contributed by atoms with Crippen molar-refractivity contribution in [2.75, 3.05) is 13.1 Å². The fourth-order valence-electron chi connectivity index (χ4n) is 2.98. The molecule has 3 atom stereocenters. The maximum atomic E-state index is 13.2. The first-order valence-corrected chi connectivity index (χ1v) is 6.20. The number of rotatable bonds is 2. The van der Waals surface area contributed by atoms with Crippen molar-refractivity contribution in [3.8, 4) is 0 Å². The summed E-state index contributed by atoms with van der Waals surface area (Å²) in [6.45, 7) is 1.90. The van der Waals surface area contributed by atoms with Gasteiger partial charge in [-0.1, -0.05) is 6.42 Å². The van der Waals surface area contributed by atoms with Crippen molar-refractivity contribution in [1.82, 2.24) is 4.90 Å². The van der Waals surface area contributed by atoms with Crippen molar-refractivity contribution >= 4 is 0 Å². The van der Waals surface area contributed by atoms with Crippen LogP contribution in [0.4, 0.5) is 4.39 Å². The summed E-state index contributed by atoms with van der Waals surface area (Å²) in [6.07, 6.45) is 3.74. The van der Waals surface area contributed by atoms with E-state index in [9.17, 15) is 14.5 Å². The van der Waals surface area contributed by atoms with Gasteiger partial charge >= 0.3 is 0 Å². The highest BCUT2D eigenvalue weighted by molar-refractivity contribution is 4.88. The number of likely N-dealkylation sites (tertiary alicyclic amines) is 1. The summed E-state index contributed by atoms with van der Waals surface area (Å²) in [5.74, 6) is 0. The van der Waals surface area contributed by atoms with Crippen LogP contribution in [-0.4, -0.2) is 41.2 Å². The van der Waals surface area contributed by atoms with Crippen molar-refractivity contribution in [2.45, 2.75) is 56.8 Å². The Bertz CT molecular complexity index is 256. The normalized spacial score (nSPS) is 37.2. The molecule has 92 valence electrons. The van der Waals surface area contributed by atoms with Gasteiger partial charge in [-0.05, 0) is 38.8 Å². The van der Waals surface area contributed by atoms with Crippen molar-refractivity contribution in [3.05, 3.63) is 10.1 Å². The van der Waals surface area contributed by atoms with Crippen LogP contribution < -0.4 is 0 Å². The minimum absolute atomic E-state index is 0.0256. The molecule has 1 aliphatic heterocycles. The first-order chi connectivity index (χ1) is 7.68. The Hall–Kier alpha value is -0.710. The Labute approximate surface area is 95.0 Å². The van der Waals surface area contributed by atoms with Crippen LogP contribution in [0.1, 0.15) is 38.5 Å². The van der Waals surface area contributed by atoms with E-state index in [0.29, 0.717) is 12.8 Å². The number of nitro groups is 1. The predicted octanol–water partition coefficient (Wildman–Crippen LogP) is 2.01. The molecule has 0 bridgehead atoms. The number of alkyl halides is 1. The van der Waals surface area contributed by atoms with Crippen LogP contribution in [0.5, 0.6) is 0 Å². The molecule has 0 aromatic heterocycles. The lowest BCUT2D eigenvalue weighted by Gasteiger charge is -2.38. The molecule has 0 N–H and O–H groups in total. The van der Waals surface area contributed by atoms with E-state index in [1.165, 1.54) is 6.42 Å². The van der Waals surface area contributed by atoms with Gasteiger partial charge in [0.1, 0.15) is 6.17 Å². The zero-order valence-corrected chi connectivity index (χ0v) is 9.48. The van der Waals surface area contributed by atoms with Crippen molar-refractivity contribution in [2.24, 2.45) is 0 Å². The van der Waals surface area contributed by atoms with Crippen LogP contribution in [0.3, 0.4) is 0 Å². The van der Waals surface area contributed by atoms with Crippen LogP contribution in [0.25, 0.3) is 0 Å². The number of nitrogens with zero attached hydrogens (tertiary/aromatic N) is 2. The second-order valence-corrected chi connectivity index (χ2v) is 4.93. The molecule has 2 fully saturated rings. The van der Waals surface area contributed by atoms with Crippen LogP contribution in [-0.2, 0) is 0 Å². The van der Waals surface area contributed by atoms with Gasteiger partial charge in [-0.2, -0.15) is 0 Å². The van der Waals surface area contributed by atoms with E-state index < -0.39 is 12.2 Å². The Morgan fingerprint density at radius 1 is 1.19 bits per heavy atom. The second-order valence-electron chi connectivity index (χ2n) is 4.93. The molecule has 1 aliphatic carbocycles. The van der Waals surface area contributed by atoms with E-state index in [-0.39, 0.29) is 17.4 Å². The van der Waals surface area contributed by atoms with Gasteiger partial charge in [0.25, 0.3) is 0 Å². The summed E-state index contributed by atoms with van der Waals surface area (Å²) in [4.78, 5) is 12.9. The van der Waals surface area contributed by atoms with E-state index in [4.69, 9.17) is 0 Å². The minimum atomic E-state index is -0.976. The van der Waals surface area contributed by atoms with Crippen molar-refractivity contribution < 1.29 is 9.31 Å². The van der Waals surface area contributed by atoms with Crippen molar-refractivity contribution in [3.63, 3.8) is 0 Å². The SMILES string of the molecule is O=[N+]([O-])C1CC(F)CCC1N1CCCCC1. The van der Waals surface area contributed by atoms with E-state index in [1.54, 1.807) is 0 Å². The third-order valence-corrected chi connectivity index (χ3v) is 3.85. The molecule has 1 saturated carbocycles. The van der Waals surface area contributed by atoms with Crippen LogP contribution in [0.15, 0.2) is 0 Å². The molecule has 0 amide bonds. The lowest BCUT2D eigenvalue weighted by Crippen LogP contribution is -2.52. The van der Waals surface area contributed by atoms with E-state index >= 15 is 0 Å². The maximum absolute atomic E-state index is 13.2. The molecule has 1 saturated heterocycles. The highest BCUT2D eigenvalue weighted by Crippen LogP contribution is 2.29. The zero-order valence-electron chi connectivity index (χ0n) is 9.48. The number of hydrogen-bond donors (Lipinski definition) is 0. The van der Waals surface area contributed by atoms with Crippen LogP contribution in [0, 0.1) is 10.1 Å². The smallest absolute Gasteiger partial charge is 0.231 e. The van der Waals surface area contributed by atoms with Gasteiger partial charge in [0.15, 0.2) is 0 Å². The Morgan fingerprint density at radius 3 is 2.50 bits per heavy atom. The van der Waals surface area contributed by atoms with Crippen LogP contribution in [0.2, 0.25) is 0 Å². The van der Waals surface area contributed by atoms with Gasteiger partial charge < -0.3 is 0 Å². The first kappa shape index (κ1) is 11.8. The molecule has 0 radical (unpaired) electrons. The molecule has 0 aromatic rings. The van der Waals surface area contributed by atoms with Gasteiger partial charge in [-0.25, -0.2) is 4.39 Å². The van der Waals surface area contributed by atoms with Crippen LogP contribution >= 0.6 is 0 Å². The molecular formula is C11H19FN2O2. The Balaban J connectivity index is 2.02. The highest BCUT2D eigenvalue weighted by atomic mass is 19.1. The molecule has 2 rings (SSSR count). The summed E-state index contributed by atoms with van der Waals surface area (Å²) < 4.78 is 13.2. The topological polar surface area (TPSA) is 46.4 Å². The second kappa shape index (κ2) is 5.08. The van der Waals surface area contributed by atoms with Gasteiger partial charge in [-0.3, -0.25) is 15.0 Å². The fourth-order valence-corrected chi connectivity index (χ4v) is 2.98. The average Bonchev–Trinajstić information content (AvgIpc) is 2.30. The maximum Gasteiger partial charge on any atom is 0.231 e. The summed E-state index contributed by atoms with van der Waals surface area (Å²) in [6, 6.07) is -0.718. The third-order valence-electron chi connectivity index (χ3n) is 3.85. The van der Waals surface area contributed by atoms with Gasteiger partial charge in [0.05, 0.1) is 6.04 Å². The first-order valence-electron chi connectivity index (χ1n) is 6.20. The van der Waals surface area contributed by atoms with Gasteiger partial charge in [0, 0.05) is 11.3 Å². The Morgan fingerprint density at radius 2 is 1.88 bits per heavy atom. The predicted molar refractivity (Wildman–Crippen MR) is 58.7 cm³/mol. The summed E-state index contributed by atoms with van der Waals surface area (Å²) >= 11 is 0. The molecule has 1 heterocycles. The largest absolute Gasteiger partial charge is 0.294 e. The molecule has 2 aliphatic rings. The van der Waals surface area contributed by atoms with Gasteiger partial charge in [-0.15, -0.1) is 0 Å². The minimum Gasteiger partial charge on any atom is -0.294 e. The van der Waals surface area contributed by atoms with E-state index in [1.807, 2.05) is 0 Å². The third kappa shape index (κ3) is 2.51. The lowest BCUT2D eigenvalue weighted by atomic mass is 9.87. The number of halogens is 1. The molecule has 5 heteroatoms. The fraction of sp³-hybridized carbons (Fsp3) is 1.00. The monoisotopic (exact) mass is 230 g/mol. The number of hydrogen-bond acceptors (Lipinski definition) is 3. The standard InChI is InChI=1S/C11H19FN2O2/c12-9-4-5-10(11(8-9)14(15)16)13-6-2-1-3-7-13/h9-11H,1-8H2. The summed E-state index contributed by atoms with van der Waals surface area (Å²) in [7, 11) is 0. The molecule has 3 unspecified atom stereocenters. The molecule has 4 nitrogen and oxygen atoms in total. The quantitative estimate of drug-likeness (QED) is 0.538. The molecule has 0 spiro atoms. The van der Waals surface area contributed by atoms with Gasteiger partial charge in [0.2, 0.25) is 6.04 Å². The molecule has 0 aromatic carbocycles. The van der Waals surface area contributed by atoms with E-state index in [0.717, 1.165) is 25.9 Å². The Kier molecular flexibility index (Phi) is 3.74. The molecular weight excluding hydrogens is 211 g/mol.